The molecule has 3 unspecified atom stereocenters. The van der Waals surface area contributed by atoms with Crippen molar-refractivity contribution in [1.29, 1.82) is 0 Å². The van der Waals surface area contributed by atoms with Crippen LogP contribution in [0.15, 0.2) is 22.8 Å². The highest BCUT2D eigenvalue weighted by Crippen LogP contribution is 2.02. The first-order valence-corrected chi connectivity index (χ1v) is 6.27. The molecule has 1 rings (SSSR count). The fourth-order valence-corrected chi connectivity index (χ4v) is 1.68. The number of nitrogens with one attached hydrogen (secondary N) is 1. The smallest absolute Gasteiger partial charge is 0.129 e. The summed E-state index contributed by atoms with van der Waals surface area (Å²) in [5.41, 5.74) is 0. The van der Waals surface area contributed by atoms with Crippen LogP contribution in [-0.4, -0.2) is 41.6 Å². The van der Waals surface area contributed by atoms with Crippen molar-refractivity contribution in [1.82, 2.24) is 5.32 Å². The molecule has 0 aliphatic heterocycles. The molecule has 0 bridgehead atoms. The van der Waals surface area contributed by atoms with Crippen LogP contribution in [0.2, 0.25) is 0 Å². The molecule has 1 aromatic rings. The van der Waals surface area contributed by atoms with Gasteiger partial charge in [-0.1, -0.05) is 0 Å². The molecule has 1 heterocycles. The van der Waals surface area contributed by atoms with Crippen molar-refractivity contribution in [2.24, 2.45) is 0 Å². The van der Waals surface area contributed by atoms with Crippen molar-refractivity contribution >= 4 is 0 Å². The molecule has 0 saturated carbocycles. The lowest BCUT2D eigenvalue weighted by Gasteiger charge is -2.18. The molecule has 0 aromatic carbocycles. The van der Waals surface area contributed by atoms with Crippen LogP contribution < -0.4 is 5.32 Å². The number of ether oxygens (including phenoxy) is 1. The quantitative estimate of drug-likeness (QED) is 0.613. The number of aliphatic hydroxyl groups is 2. The molecule has 5 heteroatoms. The molecule has 0 spiro atoms. The zero-order chi connectivity index (χ0) is 13.4. The number of hydrogen-bond acceptors (Lipinski definition) is 5. The molecule has 3 N–H and O–H groups in total. The minimum absolute atomic E-state index is 0.171. The number of hydrogen-bond donors (Lipinski definition) is 3. The summed E-state index contributed by atoms with van der Waals surface area (Å²) < 4.78 is 10.4. The summed E-state index contributed by atoms with van der Waals surface area (Å²) in [6.07, 6.45) is 1.37. The lowest BCUT2D eigenvalue weighted by atomic mass is 10.1. The SMILES string of the molecule is CC(O)CC(C)NCC(O)COCc1ccco1. The van der Waals surface area contributed by atoms with Gasteiger partial charge in [-0.15, -0.1) is 0 Å². The summed E-state index contributed by atoms with van der Waals surface area (Å²) in [5.74, 6) is 0.748. The molecule has 104 valence electrons. The first kappa shape index (κ1) is 15.2. The first-order valence-electron chi connectivity index (χ1n) is 6.27. The average molecular weight is 257 g/mol. The predicted molar refractivity (Wildman–Crippen MR) is 68.1 cm³/mol. The third-order valence-electron chi connectivity index (χ3n) is 2.53. The van der Waals surface area contributed by atoms with E-state index in [-0.39, 0.29) is 18.8 Å². The van der Waals surface area contributed by atoms with E-state index in [2.05, 4.69) is 5.32 Å². The van der Waals surface area contributed by atoms with E-state index in [1.807, 2.05) is 13.0 Å². The second-order valence-corrected chi connectivity index (χ2v) is 4.64. The summed E-state index contributed by atoms with van der Waals surface area (Å²) in [7, 11) is 0. The Labute approximate surface area is 108 Å². The van der Waals surface area contributed by atoms with Gasteiger partial charge in [0.2, 0.25) is 0 Å². The van der Waals surface area contributed by atoms with Gasteiger partial charge >= 0.3 is 0 Å². The van der Waals surface area contributed by atoms with Gasteiger partial charge in [-0.05, 0) is 32.4 Å². The van der Waals surface area contributed by atoms with Crippen molar-refractivity contribution in [3.05, 3.63) is 24.2 Å². The van der Waals surface area contributed by atoms with Crippen molar-refractivity contribution in [3.8, 4) is 0 Å². The van der Waals surface area contributed by atoms with Crippen LogP contribution in [0.4, 0.5) is 0 Å². The lowest BCUT2D eigenvalue weighted by Crippen LogP contribution is -2.37. The predicted octanol–water partition coefficient (Wildman–Crippen LogP) is 0.906. The van der Waals surface area contributed by atoms with E-state index in [1.54, 1.807) is 19.3 Å². The molecular weight excluding hydrogens is 234 g/mol. The Hall–Kier alpha value is -0.880. The van der Waals surface area contributed by atoms with Gasteiger partial charge < -0.3 is 24.7 Å². The largest absolute Gasteiger partial charge is 0.467 e. The van der Waals surface area contributed by atoms with E-state index < -0.39 is 6.10 Å². The van der Waals surface area contributed by atoms with E-state index in [1.165, 1.54) is 0 Å². The molecule has 3 atom stereocenters. The maximum atomic E-state index is 9.68. The molecule has 18 heavy (non-hydrogen) atoms. The summed E-state index contributed by atoms with van der Waals surface area (Å²) in [4.78, 5) is 0. The van der Waals surface area contributed by atoms with Crippen LogP contribution in [0.1, 0.15) is 26.0 Å². The number of aliphatic hydroxyl groups excluding tert-OH is 2. The average Bonchev–Trinajstić information content (AvgIpc) is 2.78. The van der Waals surface area contributed by atoms with E-state index in [4.69, 9.17) is 9.15 Å². The molecule has 0 aliphatic rings. The number of rotatable bonds is 9. The Morgan fingerprint density at radius 3 is 2.78 bits per heavy atom. The van der Waals surface area contributed by atoms with Crippen LogP contribution in [-0.2, 0) is 11.3 Å². The second kappa shape index (κ2) is 8.26. The van der Waals surface area contributed by atoms with Crippen LogP contribution in [0.25, 0.3) is 0 Å². The molecule has 0 aliphatic carbocycles. The van der Waals surface area contributed by atoms with Gasteiger partial charge in [0, 0.05) is 12.6 Å². The van der Waals surface area contributed by atoms with Gasteiger partial charge in [0.1, 0.15) is 12.4 Å². The van der Waals surface area contributed by atoms with Gasteiger partial charge in [-0.3, -0.25) is 0 Å². The van der Waals surface area contributed by atoms with Crippen molar-refractivity contribution in [2.45, 2.75) is 45.1 Å². The Morgan fingerprint density at radius 2 is 2.17 bits per heavy atom. The minimum atomic E-state index is -0.559. The molecule has 0 saturated heterocycles. The molecule has 0 fully saturated rings. The molecule has 0 radical (unpaired) electrons. The zero-order valence-electron chi connectivity index (χ0n) is 11.0. The van der Waals surface area contributed by atoms with E-state index in [0.717, 1.165) is 5.76 Å². The van der Waals surface area contributed by atoms with Gasteiger partial charge in [-0.25, -0.2) is 0 Å². The lowest BCUT2D eigenvalue weighted by molar-refractivity contribution is 0.0210. The Bertz CT molecular complexity index is 300. The van der Waals surface area contributed by atoms with E-state index >= 15 is 0 Å². The first-order chi connectivity index (χ1) is 8.58. The Kier molecular flexibility index (Phi) is 6.97. The third kappa shape index (κ3) is 6.76. The molecular formula is C13H23NO4. The van der Waals surface area contributed by atoms with Gasteiger partial charge in [0.25, 0.3) is 0 Å². The van der Waals surface area contributed by atoms with Gasteiger partial charge in [0.15, 0.2) is 0 Å². The summed E-state index contributed by atoms with van der Waals surface area (Å²) in [6, 6.07) is 3.80. The highest BCUT2D eigenvalue weighted by atomic mass is 16.5. The molecule has 5 nitrogen and oxygen atoms in total. The van der Waals surface area contributed by atoms with Crippen LogP contribution >= 0.6 is 0 Å². The summed E-state index contributed by atoms with van der Waals surface area (Å²) in [5, 5.41) is 22.0. The fourth-order valence-electron chi connectivity index (χ4n) is 1.68. The topological polar surface area (TPSA) is 74.9 Å². The maximum absolute atomic E-state index is 9.68. The summed E-state index contributed by atoms with van der Waals surface area (Å²) in [6.45, 7) is 4.80. The fraction of sp³-hybridized carbons (Fsp3) is 0.692. The van der Waals surface area contributed by atoms with Gasteiger partial charge in [-0.2, -0.15) is 0 Å². The van der Waals surface area contributed by atoms with Crippen molar-refractivity contribution in [2.75, 3.05) is 13.2 Å². The normalized spacial score (nSPS) is 16.4. The second-order valence-electron chi connectivity index (χ2n) is 4.64. The molecule has 1 aromatic heterocycles. The monoisotopic (exact) mass is 257 g/mol. The highest BCUT2D eigenvalue weighted by Gasteiger charge is 2.09. The third-order valence-corrected chi connectivity index (χ3v) is 2.53. The molecule has 0 amide bonds. The zero-order valence-corrected chi connectivity index (χ0v) is 11.0. The van der Waals surface area contributed by atoms with Crippen LogP contribution in [0.3, 0.4) is 0 Å². The Morgan fingerprint density at radius 1 is 1.39 bits per heavy atom. The van der Waals surface area contributed by atoms with Crippen molar-refractivity contribution < 1.29 is 19.4 Å². The van der Waals surface area contributed by atoms with E-state index in [9.17, 15) is 10.2 Å². The van der Waals surface area contributed by atoms with Crippen LogP contribution in [0.5, 0.6) is 0 Å². The van der Waals surface area contributed by atoms with Crippen LogP contribution in [0, 0.1) is 0 Å². The maximum Gasteiger partial charge on any atom is 0.129 e. The van der Waals surface area contributed by atoms with E-state index in [0.29, 0.717) is 19.6 Å². The minimum Gasteiger partial charge on any atom is -0.467 e. The Balaban J connectivity index is 2.04. The standard InChI is InChI=1S/C13H23NO4/c1-10(6-11(2)15)14-7-12(16)8-17-9-13-4-3-5-18-13/h3-5,10-12,14-16H,6-9H2,1-2H3. The van der Waals surface area contributed by atoms with Gasteiger partial charge in [0.05, 0.1) is 25.1 Å². The summed E-state index contributed by atoms with van der Waals surface area (Å²) >= 11 is 0. The highest BCUT2D eigenvalue weighted by molar-refractivity contribution is 4.96. The number of furan rings is 1. The van der Waals surface area contributed by atoms with Crippen molar-refractivity contribution in [3.63, 3.8) is 0 Å².